The lowest BCUT2D eigenvalue weighted by Gasteiger charge is -2.22. The quantitative estimate of drug-likeness (QED) is 0.652. The summed E-state index contributed by atoms with van der Waals surface area (Å²) in [5, 5.41) is 6.26. The molecule has 0 aliphatic carbocycles. The second-order valence-corrected chi connectivity index (χ2v) is 6.19. The molecule has 0 radical (unpaired) electrons. The van der Waals surface area contributed by atoms with Crippen LogP contribution in [0.3, 0.4) is 0 Å². The van der Waals surface area contributed by atoms with Gasteiger partial charge in [0.05, 0.1) is 6.33 Å². The number of rotatable bonds is 7. The molecule has 0 bridgehead atoms. The van der Waals surface area contributed by atoms with E-state index in [2.05, 4.69) is 42.4 Å². The first-order valence-corrected chi connectivity index (χ1v) is 8.66. The Morgan fingerprint density at radius 2 is 2.38 bits per heavy atom. The Balaban J connectivity index is 1.45. The minimum Gasteiger partial charge on any atom is -0.368 e. The summed E-state index contributed by atoms with van der Waals surface area (Å²) in [7, 11) is 0. The lowest BCUT2D eigenvalue weighted by atomic mass is 10.2. The standard InChI is InChI=1S/C15H22ClN7O/c1-2-23-7-3-4-10(23)8-18-11(24)5-6-17-13-12-14(20-9-19-12)22-15(16)21-13/h9-10H,2-8H2,1H3,(H,18,24)(H2,17,19,20,21,22)/t10-/m0/s1. The monoisotopic (exact) mass is 351 g/mol. The van der Waals surface area contributed by atoms with Crippen LogP contribution in [0.1, 0.15) is 26.2 Å². The van der Waals surface area contributed by atoms with E-state index in [1.54, 1.807) is 0 Å². The van der Waals surface area contributed by atoms with Crippen molar-refractivity contribution in [2.45, 2.75) is 32.2 Å². The molecule has 2 aromatic heterocycles. The number of H-pyrrole nitrogens is 1. The Morgan fingerprint density at radius 1 is 1.50 bits per heavy atom. The van der Waals surface area contributed by atoms with Crippen LogP contribution in [0.5, 0.6) is 0 Å². The Kier molecular flexibility index (Phi) is 5.47. The highest BCUT2D eigenvalue weighted by Crippen LogP contribution is 2.18. The summed E-state index contributed by atoms with van der Waals surface area (Å²) in [6, 6.07) is 0.470. The number of anilines is 1. The summed E-state index contributed by atoms with van der Waals surface area (Å²) in [6.45, 7) is 5.52. The molecular formula is C15H22ClN7O. The lowest BCUT2D eigenvalue weighted by molar-refractivity contribution is -0.121. The number of aromatic nitrogens is 4. The average molecular weight is 352 g/mol. The summed E-state index contributed by atoms with van der Waals surface area (Å²) in [5.41, 5.74) is 1.19. The van der Waals surface area contributed by atoms with Gasteiger partial charge in [-0.2, -0.15) is 9.97 Å². The van der Waals surface area contributed by atoms with Crippen LogP contribution in [-0.4, -0.2) is 63.0 Å². The zero-order valence-electron chi connectivity index (χ0n) is 13.7. The van der Waals surface area contributed by atoms with E-state index in [1.165, 1.54) is 12.7 Å². The smallest absolute Gasteiger partial charge is 0.226 e. The van der Waals surface area contributed by atoms with Crippen LogP contribution in [0, 0.1) is 0 Å². The van der Waals surface area contributed by atoms with Gasteiger partial charge in [-0.25, -0.2) is 4.98 Å². The van der Waals surface area contributed by atoms with Crippen molar-refractivity contribution in [3.05, 3.63) is 11.6 Å². The molecule has 0 spiro atoms. The number of nitrogens with one attached hydrogen (secondary N) is 3. The van der Waals surface area contributed by atoms with E-state index in [4.69, 9.17) is 11.6 Å². The van der Waals surface area contributed by atoms with Gasteiger partial charge in [0.15, 0.2) is 11.5 Å². The number of likely N-dealkylation sites (tertiary alicyclic amines) is 1. The van der Waals surface area contributed by atoms with E-state index >= 15 is 0 Å². The molecular weight excluding hydrogens is 330 g/mol. The maximum atomic E-state index is 12.0. The normalized spacial score (nSPS) is 18.2. The number of carbonyl (C=O) groups is 1. The Labute approximate surface area is 145 Å². The van der Waals surface area contributed by atoms with Gasteiger partial charge in [-0.05, 0) is 37.5 Å². The summed E-state index contributed by atoms with van der Waals surface area (Å²) in [5.74, 6) is 0.592. The minimum absolute atomic E-state index is 0.0338. The maximum absolute atomic E-state index is 12.0. The number of halogens is 1. The Bertz CT molecular complexity index is 704. The number of imidazole rings is 1. The highest BCUT2D eigenvalue weighted by atomic mass is 35.5. The third-order valence-electron chi connectivity index (χ3n) is 4.34. The van der Waals surface area contributed by atoms with E-state index in [9.17, 15) is 4.79 Å². The zero-order chi connectivity index (χ0) is 16.9. The van der Waals surface area contributed by atoms with E-state index in [1.807, 2.05) is 0 Å². The van der Waals surface area contributed by atoms with Crippen LogP contribution < -0.4 is 10.6 Å². The third-order valence-corrected chi connectivity index (χ3v) is 4.51. The summed E-state index contributed by atoms with van der Waals surface area (Å²) in [6.07, 6.45) is 4.28. The first-order valence-electron chi connectivity index (χ1n) is 8.28. The molecule has 2 aromatic rings. The van der Waals surface area contributed by atoms with Gasteiger partial charge in [-0.15, -0.1) is 0 Å². The first-order chi connectivity index (χ1) is 11.7. The highest BCUT2D eigenvalue weighted by Gasteiger charge is 2.22. The lowest BCUT2D eigenvalue weighted by Crippen LogP contribution is -2.40. The molecule has 1 fully saturated rings. The fourth-order valence-electron chi connectivity index (χ4n) is 3.09. The predicted molar refractivity (Wildman–Crippen MR) is 93.1 cm³/mol. The summed E-state index contributed by atoms with van der Waals surface area (Å²) < 4.78 is 0. The van der Waals surface area contributed by atoms with Crippen LogP contribution >= 0.6 is 11.6 Å². The van der Waals surface area contributed by atoms with Crippen molar-refractivity contribution in [2.24, 2.45) is 0 Å². The maximum Gasteiger partial charge on any atom is 0.226 e. The second kappa shape index (κ2) is 7.76. The van der Waals surface area contributed by atoms with Crippen LogP contribution in [0.15, 0.2) is 6.33 Å². The molecule has 3 rings (SSSR count). The number of carbonyl (C=O) groups excluding carboxylic acids is 1. The Hall–Kier alpha value is -1.93. The van der Waals surface area contributed by atoms with Gasteiger partial charge in [0.2, 0.25) is 11.2 Å². The molecule has 1 saturated heterocycles. The molecule has 3 N–H and O–H groups in total. The van der Waals surface area contributed by atoms with E-state index < -0.39 is 0 Å². The largest absolute Gasteiger partial charge is 0.368 e. The fourth-order valence-corrected chi connectivity index (χ4v) is 3.26. The van der Waals surface area contributed by atoms with Crippen molar-refractivity contribution in [2.75, 3.05) is 31.5 Å². The number of likely N-dealkylation sites (N-methyl/N-ethyl adjacent to an activating group) is 1. The van der Waals surface area contributed by atoms with Crippen LogP contribution in [0.2, 0.25) is 5.28 Å². The number of aromatic amines is 1. The first kappa shape index (κ1) is 16.9. The third kappa shape index (κ3) is 3.93. The molecule has 1 aliphatic heterocycles. The van der Waals surface area contributed by atoms with Crippen molar-refractivity contribution in [1.29, 1.82) is 0 Å². The molecule has 1 aliphatic rings. The summed E-state index contributed by atoms with van der Waals surface area (Å²) >= 11 is 5.87. The van der Waals surface area contributed by atoms with Crippen molar-refractivity contribution >= 4 is 34.5 Å². The molecule has 24 heavy (non-hydrogen) atoms. The predicted octanol–water partition coefficient (Wildman–Crippen LogP) is 1.41. The van der Waals surface area contributed by atoms with Gasteiger partial charge in [0.25, 0.3) is 0 Å². The minimum atomic E-state index is 0.0338. The summed E-state index contributed by atoms with van der Waals surface area (Å²) in [4.78, 5) is 29.6. The topological polar surface area (TPSA) is 98.8 Å². The van der Waals surface area contributed by atoms with Crippen LogP contribution in [0.4, 0.5) is 5.82 Å². The molecule has 9 heteroatoms. The molecule has 1 atom stereocenters. The number of hydrogen-bond acceptors (Lipinski definition) is 6. The average Bonchev–Trinajstić information content (AvgIpc) is 3.21. The van der Waals surface area contributed by atoms with Gasteiger partial charge in [-0.3, -0.25) is 9.69 Å². The second-order valence-electron chi connectivity index (χ2n) is 5.85. The molecule has 130 valence electrons. The molecule has 8 nitrogen and oxygen atoms in total. The van der Waals surface area contributed by atoms with E-state index in [0.29, 0.717) is 36.0 Å². The van der Waals surface area contributed by atoms with Gasteiger partial charge >= 0.3 is 0 Å². The molecule has 3 heterocycles. The SMILES string of the molecule is CCN1CCC[C@H]1CNC(=O)CCNc1nc(Cl)nc2nc[nH]c12. The zero-order valence-corrected chi connectivity index (χ0v) is 14.4. The van der Waals surface area contributed by atoms with Gasteiger partial charge in [-0.1, -0.05) is 6.92 Å². The highest BCUT2D eigenvalue weighted by molar-refractivity contribution is 6.28. The van der Waals surface area contributed by atoms with Crippen LogP contribution in [-0.2, 0) is 4.79 Å². The molecule has 0 saturated carbocycles. The van der Waals surface area contributed by atoms with Crippen molar-refractivity contribution < 1.29 is 4.79 Å². The number of nitrogens with zero attached hydrogens (tertiary/aromatic N) is 4. The number of hydrogen-bond donors (Lipinski definition) is 3. The molecule has 1 amide bonds. The number of amides is 1. The van der Waals surface area contributed by atoms with E-state index in [0.717, 1.165) is 26.1 Å². The number of fused-ring (bicyclic) bond motifs is 1. The fraction of sp³-hybridized carbons (Fsp3) is 0.600. The van der Waals surface area contributed by atoms with E-state index in [-0.39, 0.29) is 11.2 Å². The Morgan fingerprint density at radius 3 is 3.21 bits per heavy atom. The van der Waals surface area contributed by atoms with Gasteiger partial charge in [0.1, 0.15) is 5.52 Å². The van der Waals surface area contributed by atoms with Crippen LogP contribution in [0.25, 0.3) is 11.2 Å². The molecule has 0 unspecified atom stereocenters. The van der Waals surface area contributed by atoms with Crippen molar-refractivity contribution in [3.8, 4) is 0 Å². The van der Waals surface area contributed by atoms with Crippen molar-refractivity contribution in [1.82, 2.24) is 30.2 Å². The van der Waals surface area contributed by atoms with Gasteiger partial charge in [0, 0.05) is 25.6 Å². The van der Waals surface area contributed by atoms with Gasteiger partial charge < -0.3 is 15.6 Å². The van der Waals surface area contributed by atoms with Crippen molar-refractivity contribution in [3.63, 3.8) is 0 Å². The molecule has 0 aromatic carbocycles.